The second-order valence-corrected chi connectivity index (χ2v) is 7.20. The number of aliphatic hydroxyl groups excluding tert-OH is 1. The van der Waals surface area contributed by atoms with E-state index in [1.807, 2.05) is 48.6 Å². The minimum Gasteiger partial charge on any atom is -0.465 e. The van der Waals surface area contributed by atoms with Crippen LogP contribution >= 0.6 is 0 Å². The van der Waals surface area contributed by atoms with Gasteiger partial charge < -0.3 is 24.3 Å². The van der Waals surface area contributed by atoms with Crippen molar-refractivity contribution in [2.24, 2.45) is 0 Å². The molecule has 7 heteroatoms. The van der Waals surface area contributed by atoms with Gasteiger partial charge in [0.15, 0.2) is 5.76 Å². The second-order valence-electron chi connectivity index (χ2n) is 7.20. The van der Waals surface area contributed by atoms with Crippen LogP contribution in [-0.4, -0.2) is 37.3 Å². The third-order valence-corrected chi connectivity index (χ3v) is 5.05. The molecule has 3 rings (SSSR count). The SMILES string of the molecule is COC(=O)c1cc(C(=O)OC)cc(-c2ccc(C[NH2+][C@@H](C)[C@@H](O)c3ccccc3)o2)c1. The van der Waals surface area contributed by atoms with Crippen molar-refractivity contribution in [3.63, 3.8) is 0 Å². The van der Waals surface area contributed by atoms with E-state index in [9.17, 15) is 14.7 Å². The molecule has 0 saturated heterocycles. The molecule has 0 unspecified atom stereocenters. The summed E-state index contributed by atoms with van der Waals surface area (Å²) in [7, 11) is 2.55. The maximum Gasteiger partial charge on any atom is 0.337 e. The zero-order chi connectivity index (χ0) is 22.4. The Morgan fingerprint density at radius 3 is 2.16 bits per heavy atom. The van der Waals surface area contributed by atoms with E-state index >= 15 is 0 Å². The van der Waals surface area contributed by atoms with Crippen LogP contribution < -0.4 is 5.32 Å². The van der Waals surface area contributed by atoms with Crippen molar-refractivity contribution >= 4 is 11.9 Å². The lowest BCUT2D eigenvalue weighted by Gasteiger charge is -2.17. The fraction of sp³-hybridized carbons (Fsp3) is 0.250. The summed E-state index contributed by atoms with van der Waals surface area (Å²) < 4.78 is 15.5. The number of rotatable bonds is 8. The average Bonchev–Trinajstić information content (AvgIpc) is 3.30. The molecule has 7 nitrogen and oxygen atoms in total. The summed E-state index contributed by atoms with van der Waals surface area (Å²) in [5.74, 6) is 0.0902. The highest BCUT2D eigenvalue weighted by Gasteiger charge is 2.20. The number of aliphatic hydroxyl groups is 1. The van der Waals surface area contributed by atoms with E-state index in [0.29, 0.717) is 23.6 Å². The lowest BCUT2D eigenvalue weighted by Crippen LogP contribution is -2.88. The minimum atomic E-state index is -0.602. The van der Waals surface area contributed by atoms with Gasteiger partial charge in [0.2, 0.25) is 0 Å². The van der Waals surface area contributed by atoms with Gasteiger partial charge in [-0.1, -0.05) is 30.3 Å². The molecule has 0 aliphatic rings. The topological polar surface area (TPSA) is 103 Å². The molecule has 0 bridgehead atoms. The molecule has 2 aromatic carbocycles. The minimum absolute atomic E-state index is 0.0791. The molecule has 1 aromatic heterocycles. The smallest absolute Gasteiger partial charge is 0.337 e. The Bertz CT molecular complexity index is 1010. The van der Waals surface area contributed by atoms with E-state index in [1.165, 1.54) is 20.3 Å². The standard InChI is InChI=1S/C24H25NO6/c1-15(22(26)16-7-5-4-6-8-16)25-14-20-9-10-21(31-20)17-11-18(23(27)29-2)13-19(12-17)24(28)30-3/h4-13,15,22,25-26H,14H2,1-3H3/p+1/t15-,22+/m0/s1. The lowest BCUT2D eigenvalue weighted by molar-refractivity contribution is -0.710. The van der Waals surface area contributed by atoms with E-state index in [4.69, 9.17) is 13.9 Å². The molecule has 0 amide bonds. The monoisotopic (exact) mass is 424 g/mol. The third-order valence-electron chi connectivity index (χ3n) is 5.05. The van der Waals surface area contributed by atoms with Gasteiger partial charge in [-0.25, -0.2) is 9.59 Å². The number of hydrogen-bond acceptors (Lipinski definition) is 6. The van der Waals surface area contributed by atoms with E-state index in [1.54, 1.807) is 18.2 Å². The Hall–Kier alpha value is -3.42. The molecule has 3 N–H and O–H groups in total. The average molecular weight is 424 g/mol. The van der Waals surface area contributed by atoms with Gasteiger partial charge in [-0.05, 0) is 42.8 Å². The predicted molar refractivity (Wildman–Crippen MR) is 113 cm³/mol. The molecule has 0 spiro atoms. The number of benzene rings is 2. The molecule has 0 radical (unpaired) electrons. The van der Waals surface area contributed by atoms with Crippen LogP contribution in [0.1, 0.15) is 45.1 Å². The zero-order valence-electron chi connectivity index (χ0n) is 17.7. The Balaban J connectivity index is 1.75. The van der Waals surface area contributed by atoms with Crippen LogP contribution in [0, 0.1) is 0 Å². The van der Waals surface area contributed by atoms with Crippen molar-refractivity contribution in [3.05, 3.63) is 83.1 Å². The lowest BCUT2D eigenvalue weighted by atomic mass is 10.0. The van der Waals surface area contributed by atoms with Gasteiger partial charge in [0.05, 0.1) is 25.3 Å². The number of hydrogen-bond donors (Lipinski definition) is 2. The molecule has 162 valence electrons. The Kier molecular flexibility index (Phi) is 7.23. The second kappa shape index (κ2) is 10.1. The van der Waals surface area contributed by atoms with Crippen LogP contribution in [0.5, 0.6) is 0 Å². The Labute approximate surface area is 180 Å². The summed E-state index contributed by atoms with van der Waals surface area (Å²) in [6, 6.07) is 17.7. The zero-order valence-corrected chi connectivity index (χ0v) is 17.7. The molecule has 1 heterocycles. The number of carbonyl (C=O) groups excluding carboxylic acids is 2. The van der Waals surface area contributed by atoms with Gasteiger partial charge in [-0.2, -0.15) is 0 Å². The molecule has 0 aliphatic carbocycles. The molecular formula is C24H26NO6+. The van der Waals surface area contributed by atoms with Crippen LogP contribution in [0.4, 0.5) is 0 Å². The summed E-state index contributed by atoms with van der Waals surface area (Å²) in [4.78, 5) is 24.0. The van der Waals surface area contributed by atoms with E-state index in [2.05, 4.69) is 0 Å². The van der Waals surface area contributed by atoms with Crippen LogP contribution in [0.15, 0.2) is 65.1 Å². The largest absolute Gasteiger partial charge is 0.465 e. The fourth-order valence-corrected chi connectivity index (χ4v) is 3.27. The maximum atomic E-state index is 12.0. The third kappa shape index (κ3) is 5.39. The van der Waals surface area contributed by atoms with Gasteiger partial charge in [-0.3, -0.25) is 0 Å². The number of esters is 2. The molecule has 3 aromatic rings. The summed E-state index contributed by atoms with van der Waals surface area (Å²) in [6.07, 6.45) is -0.602. The first kappa shape index (κ1) is 22.3. The molecule has 31 heavy (non-hydrogen) atoms. The first-order valence-corrected chi connectivity index (χ1v) is 9.90. The Morgan fingerprint density at radius 2 is 1.58 bits per heavy atom. The highest BCUT2D eigenvalue weighted by Crippen LogP contribution is 2.25. The van der Waals surface area contributed by atoms with Gasteiger partial charge >= 0.3 is 11.9 Å². The number of ether oxygens (including phenoxy) is 2. The van der Waals surface area contributed by atoms with E-state index in [0.717, 1.165) is 5.56 Å². The van der Waals surface area contributed by atoms with Gasteiger partial charge in [0.1, 0.15) is 24.5 Å². The van der Waals surface area contributed by atoms with Gasteiger partial charge in [0, 0.05) is 5.56 Å². The highest BCUT2D eigenvalue weighted by atomic mass is 16.5. The molecule has 0 aliphatic heterocycles. The number of carbonyl (C=O) groups is 2. The van der Waals surface area contributed by atoms with Crippen LogP contribution in [0.2, 0.25) is 0 Å². The van der Waals surface area contributed by atoms with Crippen molar-refractivity contribution < 1.29 is 33.9 Å². The van der Waals surface area contributed by atoms with Crippen LogP contribution in [-0.2, 0) is 16.0 Å². The van der Waals surface area contributed by atoms with Gasteiger partial charge in [-0.15, -0.1) is 0 Å². The maximum absolute atomic E-state index is 12.0. The molecule has 0 saturated carbocycles. The number of furan rings is 1. The van der Waals surface area contributed by atoms with Crippen molar-refractivity contribution in [3.8, 4) is 11.3 Å². The van der Waals surface area contributed by atoms with Crippen LogP contribution in [0.25, 0.3) is 11.3 Å². The first-order chi connectivity index (χ1) is 14.9. The summed E-state index contributed by atoms with van der Waals surface area (Å²) in [6.45, 7) is 2.47. The number of methoxy groups -OCH3 is 2. The molecular weight excluding hydrogens is 398 g/mol. The highest BCUT2D eigenvalue weighted by molar-refractivity contribution is 5.97. The van der Waals surface area contributed by atoms with Crippen molar-refractivity contribution in [1.29, 1.82) is 0 Å². The predicted octanol–water partition coefficient (Wildman–Crippen LogP) is 2.71. The summed E-state index contributed by atoms with van der Waals surface area (Å²) >= 11 is 0. The van der Waals surface area contributed by atoms with Crippen molar-refractivity contribution in [1.82, 2.24) is 0 Å². The van der Waals surface area contributed by atoms with Crippen molar-refractivity contribution in [2.45, 2.75) is 25.6 Å². The number of quaternary nitrogens is 1. The van der Waals surface area contributed by atoms with Crippen molar-refractivity contribution in [2.75, 3.05) is 14.2 Å². The molecule has 2 atom stereocenters. The van der Waals surface area contributed by atoms with E-state index in [-0.39, 0.29) is 17.2 Å². The first-order valence-electron chi connectivity index (χ1n) is 9.90. The Morgan fingerprint density at radius 1 is 0.968 bits per heavy atom. The quantitative estimate of drug-likeness (QED) is 0.539. The normalized spacial score (nSPS) is 12.8. The van der Waals surface area contributed by atoms with E-state index < -0.39 is 18.0 Å². The number of nitrogens with two attached hydrogens (primary N) is 1. The fourth-order valence-electron chi connectivity index (χ4n) is 3.27. The van der Waals surface area contributed by atoms with Gasteiger partial charge in [0.25, 0.3) is 0 Å². The van der Waals surface area contributed by atoms with Crippen LogP contribution in [0.3, 0.4) is 0 Å². The summed E-state index contributed by atoms with van der Waals surface area (Å²) in [5, 5.41) is 12.5. The summed E-state index contributed by atoms with van der Waals surface area (Å²) in [5.41, 5.74) is 1.88. The molecule has 0 fully saturated rings.